The van der Waals surface area contributed by atoms with Crippen LogP contribution in [-0.4, -0.2) is 15.0 Å². The van der Waals surface area contributed by atoms with Gasteiger partial charge in [0.05, 0.1) is 5.02 Å². The highest BCUT2D eigenvalue weighted by Gasteiger charge is 2.19. The van der Waals surface area contributed by atoms with E-state index in [0.717, 1.165) is 27.5 Å². The Kier molecular flexibility index (Phi) is 5.96. The molecule has 0 aliphatic carbocycles. The van der Waals surface area contributed by atoms with Crippen molar-refractivity contribution in [3.63, 3.8) is 0 Å². The second-order valence-corrected chi connectivity index (χ2v) is 7.86. The first kappa shape index (κ1) is 21.9. The Balaban J connectivity index is 2.11. The smallest absolute Gasteiger partial charge is 0.321 e. The third kappa shape index (κ3) is 3.95. The summed E-state index contributed by atoms with van der Waals surface area (Å²) in [6.07, 6.45) is 1.11. The number of amides is 1. The van der Waals surface area contributed by atoms with Crippen molar-refractivity contribution in [1.82, 2.24) is 9.13 Å². The molecule has 0 radical (unpaired) electrons. The van der Waals surface area contributed by atoms with E-state index in [0.29, 0.717) is 10.0 Å². The lowest BCUT2D eigenvalue weighted by molar-refractivity contribution is 0.102. The fraction of sp³-hybridized carbons (Fsp3) is 0.150. The molecule has 0 saturated carbocycles. The number of anilines is 1. The largest absolute Gasteiger partial charge is 0.330 e. The van der Waals surface area contributed by atoms with Gasteiger partial charge in [0.15, 0.2) is 0 Å². The topological polar surface area (TPSA) is 73.1 Å². The number of halogens is 4. The maximum Gasteiger partial charge on any atom is 0.330 e. The summed E-state index contributed by atoms with van der Waals surface area (Å²) in [7, 11) is 2.64. The Bertz CT molecular complexity index is 1320. The third-order valence-corrected chi connectivity index (χ3v) is 5.86. The Hall–Kier alpha value is -2.78. The molecule has 0 saturated heterocycles. The van der Waals surface area contributed by atoms with Crippen molar-refractivity contribution < 1.29 is 13.6 Å². The molecule has 156 valence electrons. The lowest BCUT2D eigenvalue weighted by atomic mass is 9.98. The molecule has 0 aliphatic heterocycles. The summed E-state index contributed by atoms with van der Waals surface area (Å²) < 4.78 is 30.4. The van der Waals surface area contributed by atoms with Gasteiger partial charge in [0.25, 0.3) is 11.5 Å². The molecule has 6 nitrogen and oxygen atoms in total. The van der Waals surface area contributed by atoms with E-state index in [1.165, 1.54) is 26.2 Å². The first-order valence-electron chi connectivity index (χ1n) is 8.54. The van der Waals surface area contributed by atoms with Crippen LogP contribution in [0.4, 0.5) is 14.5 Å². The summed E-state index contributed by atoms with van der Waals surface area (Å²) in [5.41, 5.74) is -0.698. The lowest BCUT2D eigenvalue weighted by Crippen LogP contribution is -2.40. The third-order valence-electron chi connectivity index (χ3n) is 4.59. The molecule has 0 unspecified atom stereocenters. The van der Waals surface area contributed by atoms with Crippen molar-refractivity contribution >= 4 is 39.1 Å². The standard InChI is InChI=1S/C20H15BrClF2N3O3/c1-9-12(13-5-10(23)6-15(21)17(13)22)4-11(24)7-16(9)25-18(28)14-8-26(2)20(30)27(3)19(14)29/h4-8H,1-3H3,(H,25,28). The van der Waals surface area contributed by atoms with E-state index in [-0.39, 0.29) is 27.4 Å². The van der Waals surface area contributed by atoms with E-state index in [4.69, 9.17) is 11.6 Å². The molecule has 0 spiro atoms. The summed E-state index contributed by atoms with van der Waals surface area (Å²) in [5, 5.41) is 2.66. The number of nitrogens with zero attached hydrogens (tertiary/aromatic N) is 2. The zero-order valence-electron chi connectivity index (χ0n) is 16.0. The summed E-state index contributed by atoms with van der Waals surface area (Å²) in [6.45, 7) is 1.60. The highest BCUT2D eigenvalue weighted by molar-refractivity contribution is 9.10. The minimum Gasteiger partial charge on any atom is -0.321 e. The van der Waals surface area contributed by atoms with E-state index >= 15 is 0 Å². The average Bonchev–Trinajstić information content (AvgIpc) is 2.68. The van der Waals surface area contributed by atoms with Crippen LogP contribution in [0.2, 0.25) is 5.02 Å². The van der Waals surface area contributed by atoms with Crippen molar-refractivity contribution in [2.24, 2.45) is 14.1 Å². The SMILES string of the molecule is Cc1c(NC(=O)c2cn(C)c(=O)n(C)c2=O)cc(F)cc1-c1cc(F)cc(Br)c1Cl. The minimum atomic E-state index is -0.822. The van der Waals surface area contributed by atoms with Gasteiger partial charge >= 0.3 is 5.69 Å². The number of carbonyl (C=O) groups excluding carboxylic acids is 1. The molecule has 1 N–H and O–H groups in total. The van der Waals surface area contributed by atoms with Crippen LogP contribution in [0.5, 0.6) is 0 Å². The van der Waals surface area contributed by atoms with Crippen LogP contribution in [0, 0.1) is 18.6 Å². The van der Waals surface area contributed by atoms with Gasteiger partial charge in [0.2, 0.25) is 0 Å². The molecular weight excluding hydrogens is 484 g/mol. The van der Waals surface area contributed by atoms with E-state index < -0.39 is 28.8 Å². The van der Waals surface area contributed by atoms with Crippen molar-refractivity contribution in [3.05, 3.63) is 83.6 Å². The van der Waals surface area contributed by atoms with Gasteiger partial charge in [-0.15, -0.1) is 0 Å². The maximum atomic E-state index is 14.3. The zero-order valence-corrected chi connectivity index (χ0v) is 18.4. The molecule has 2 aromatic carbocycles. The first-order valence-corrected chi connectivity index (χ1v) is 9.71. The quantitative estimate of drug-likeness (QED) is 0.555. The molecule has 10 heteroatoms. The van der Waals surface area contributed by atoms with E-state index in [1.807, 2.05) is 0 Å². The number of carbonyl (C=O) groups is 1. The number of rotatable bonds is 3. The van der Waals surface area contributed by atoms with Crippen LogP contribution < -0.4 is 16.6 Å². The van der Waals surface area contributed by atoms with Crippen LogP contribution >= 0.6 is 27.5 Å². The van der Waals surface area contributed by atoms with Gasteiger partial charge in [0, 0.05) is 36.0 Å². The Morgan fingerprint density at radius 2 is 1.67 bits per heavy atom. The lowest BCUT2D eigenvalue weighted by Gasteiger charge is -2.15. The fourth-order valence-electron chi connectivity index (χ4n) is 2.99. The summed E-state index contributed by atoms with van der Waals surface area (Å²) in [6, 6.07) is 4.58. The summed E-state index contributed by atoms with van der Waals surface area (Å²) in [5.74, 6) is -2.10. The number of hydrogen-bond acceptors (Lipinski definition) is 3. The second kappa shape index (κ2) is 8.16. The highest BCUT2D eigenvalue weighted by atomic mass is 79.9. The maximum absolute atomic E-state index is 14.3. The van der Waals surface area contributed by atoms with Crippen LogP contribution in [0.1, 0.15) is 15.9 Å². The van der Waals surface area contributed by atoms with Gasteiger partial charge in [-0.1, -0.05) is 11.6 Å². The van der Waals surface area contributed by atoms with Crippen LogP contribution in [0.15, 0.2) is 44.5 Å². The van der Waals surface area contributed by atoms with E-state index in [9.17, 15) is 23.2 Å². The van der Waals surface area contributed by atoms with Crippen LogP contribution in [-0.2, 0) is 14.1 Å². The van der Waals surface area contributed by atoms with Gasteiger partial charge < -0.3 is 9.88 Å². The molecule has 0 aliphatic rings. The number of benzene rings is 2. The van der Waals surface area contributed by atoms with Gasteiger partial charge in [-0.2, -0.15) is 0 Å². The van der Waals surface area contributed by atoms with Gasteiger partial charge in [-0.3, -0.25) is 14.2 Å². The molecule has 0 bridgehead atoms. The van der Waals surface area contributed by atoms with Gasteiger partial charge in [0.1, 0.15) is 17.2 Å². The van der Waals surface area contributed by atoms with Crippen LogP contribution in [0.25, 0.3) is 11.1 Å². The van der Waals surface area contributed by atoms with Crippen molar-refractivity contribution in [2.45, 2.75) is 6.92 Å². The number of aryl methyl sites for hydroxylation is 1. The normalized spacial score (nSPS) is 10.9. The second-order valence-electron chi connectivity index (χ2n) is 6.63. The predicted molar refractivity (Wildman–Crippen MR) is 114 cm³/mol. The molecule has 3 aromatic rings. The highest BCUT2D eigenvalue weighted by Crippen LogP contribution is 2.38. The molecule has 1 aromatic heterocycles. The summed E-state index contributed by atoms with van der Waals surface area (Å²) in [4.78, 5) is 36.8. The molecule has 3 rings (SSSR count). The number of aromatic nitrogens is 2. The Labute approximate surface area is 182 Å². The molecular formula is C20H15BrClF2N3O3. The molecule has 1 heterocycles. The molecule has 0 atom stereocenters. The monoisotopic (exact) mass is 497 g/mol. The van der Waals surface area contributed by atoms with Crippen molar-refractivity contribution in [3.8, 4) is 11.1 Å². The zero-order chi connectivity index (χ0) is 22.3. The summed E-state index contributed by atoms with van der Waals surface area (Å²) >= 11 is 9.40. The van der Waals surface area contributed by atoms with Gasteiger partial charge in [-0.25, -0.2) is 13.6 Å². The Morgan fingerprint density at radius 1 is 1.07 bits per heavy atom. The van der Waals surface area contributed by atoms with E-state index in [2.05, 4.69) is 21.2 Å². The first-order chi connectivity index (χ1) is 14.0. The minimum absolute atomic E-state index is 0.0716. The van der Waals surface area contributed by atoms with Crippen molar-refractivity contribution in [1.29, 1.82) is 0 Å². The number of nitrogens with one attached hydrogen (secondary N) is 1. The predicted octanol–water partition coefficient (Wildman–Crippen LogP) is 4.01. The van der Waals surface area contributed by atoms with E-state index in [1.54, 1.807) is 6.92 Å². The molecule has 1 amide bonds. The molecule has 30 heavy (non-hydrogen) atoms. The van der Waals surface area contributed by atoms with Crippen molar-refractivity contribution in [2.75, 3.05) is 5.32 Å². The molecule has 0 fully saturated rings. The average molecular weight is 499 g/mol. The Morgan fingerprint density at radius 3 is 2.33 bits per heavy atom. The number of hydrogen-bond donors (Lipinski definition) is 1. The van der Waals surface area contributed by atoms with Gasteiger partial charge in [-0.05, 0) is 58.2 Å². The fourth-order valence-corrected chi connectivity index (χ4v) is 3.64. The van der Waals surface area contributed by atoms with Crippen LogP contribution in [0.3, 0.4) is 0 Å².